The summed E-state index contributed by atoms with van der Waals surface area (Å²) < 4.78 is 6.31. The zero-order valence-electron chi connectivity index (χ0n) is 18.6. The Morgan fingerprint density at radius 1 is 0.536 bits per heavy atom. The molecule has 0 unspecified atom stereocenters. The predicted octanol–water partition coefficient (Wildman–Crippen LogP) is 5.42. The summed E-state index contributed by atoms with van der Waals surface area (Å²) in [7, 11) is 0. The van der Waals surface area contributed by atoms with Crippen molar-refractivity contribution < 1.29 is 0 Å². The number of benzene rings is 3. The molecule has 0 saturated carbocycles. The van der Waals surface area contributed by atoms with E-state index in [-0.39, 0.29) is 0 Å². The van der Waals surface area contributed by atoms with Crippen LogP contribution in [0.5, 0.6) is 0 Å². The van der Waals surface area contributed by atoms with E-state index in [0.717, 1.165) is 0 Å². The van der Waals surface area contributed by atoms with Crippen LogP contribution in [0.3, 0.4) is 0 Å². The van der Waals surface area contributed by atoms with Crippen molar-refractivity contribution in [2.45, 2.75) is 59.3 Å². The summed E-state index contributed by atoms with van der Waals surface area (Å²) in [6, 6.07) is 21.4. The van der Waals surface area contributed by atoms with Gasteiger partial charge in [-0.3, -0.25) is 0 Å². The summed E-state index contributed by atoms with van der Waals surface area (Å²) in [5.74, 6) is 0. The zero-order valence-corrected chi connectivity index (χ0v) is 21.5. The molecule has 0 heterocycles. The van der Waals surface area contributed by atoms with Crippen molar-refractivity contribution in [1.29, 1.82) is 0 Å². The van der Waals surface area contributed by atoms with Crippen molar-refractivity contribution >= 4 is 29.1 Å². The molecule has 0 aromatic heterocycles. The first-order valence-electron chi connectivity index (χ1n) is 10.5. The van der Waals surface area contributed by atoms with Gasteiger partial charge in [-0.25, -0.2) is 0 Å². The molecule has 0 aliphatic heterocycles. The van der Waals surface area contributed by atoms with Gasteiger partial charge in [0, 0.05) is 0 Å². The van der Waals surface area contributed by atoms with E-state index in [1.165, 1.54) is 44.2 Å². The molecule has 0 bridgehead atoms. The van der Waals surface area contributed by atoms with Gasteiger partial charge in [-0.05, 0) is 0 Å². The Morgan fingerprint density at radius 2 is 0.857 bits per heavy atom. The molecule has 0 nitrogen and oxygen atoms in total. The van der Waals surface area contributed by atoms with E-state index in [1.807, 2.05) is 0 Å². The number of rotatable bonds is 5. The second-order valence-corrected chi connectivity index (χ2v) is 19.8. The molecular formula is C27H34Sn. The molecule has 28 heavy (non-hydrogen) atoms. The Hall–Kier alpha value is -1.54. The zero-order chi connectivity index (χ0) is 20.5. The van der Waals surface area contributed by atoms with Gasteiger partial charge in [0.1, 0.15) is 0 Å². The third-order valence-corrected chi connectivity index (χ3v) is 22.2. The normalized spacial score (nSPS) is 11.7. The Morgan fingerprint density at radius 3 is 1.14 bits per heavy atom. The van der Waals surface area contributed by atoms with Crippen LogP contribution in [-0.2, 0) is 0 Å². The molecule has 1 heteroatoms. The molecular weight excluding hydrogens is 443 g/mol. The van der Waals surface area contributed by atoms with Crippen molar-refractivity contribution in [1.82, 2.24) is 0 Å². The molecule has 0 aliphatic carbocycles. The molecule has 0 radical (unpaired) electrons. The van der Waals surface area contributed by atoms with Crippen LogP contribution in [0.1, 0.15) is 46.7 Å². The minimum atomic E-state index is -3.19. The van der Waals surface area contributed by atoms with Gasteiger partial charge in [-0.15, -0.1) is 0 Å². The van der Waals surface area contributed by atoms with E-state index in [4.69, 9.17) is 0 Å². The summed E-state index contributed by atoms with van der Waals surface area (Å²) in [5, 5.41) is 0. The van der Waals surface area contributed by atoms with E-state index in [2.05, 4.69) is 103 Å². The molecule has 146 valence electrons. The van der Waals surface area contributed by atoms with Gasteiger partial charge < -0.3 is 0 Å². The van der Waals surface area contributed by atoms with Crippen molar-refractivity contribution in [2.24, 2.45) is 0 Å². The fourth-order valence-corrected chi connectivity index (χ4v) is 22.3. The van der Waals surface area contributed by atoms with E-state index in [0.29, 0.717) is 0 Å². The molecule has 0 fully saturated rings. The maximum atomic E-state index is 2.52. The summed E-state index contributed by atoms with van der Waals surface area (Å²) >= 11 is -3.19. The van der Waals surface area contributed by atoms with Crippen LogP contribution in [-0.4, -0.2) is 18.4 Å². The fourth-order valence-electron chi connectivity index (χ4n) is 4.80. The monoisotopic (exact) mass is 478 g/mol. The number of hydrogen-bond acceptors (Lipinski definition) is 0. The average molecular weight is 477 g/mol. The van der Waals surface area contributed by atoms with E-state index in [1.54, 1.807) is 10.7 Å². The number of aryl methyl sites for hydroxylation is 6. The third-order valence-electron chi connectivity index (χ3n) is 6.18. The Labute approximate surface area is 175 Å². The van der Waals surface area contributed by atoms with Crippen LogP contribution >= 0.6 is 0 Å². The minimum absolute atomic E-state index is 1.23. The summed E-state index contributed by atoms with van der Waals surface area (Å²) in [6.07, 6.45) is 1.23. The third kappa shape index (κ3) is 3.81. The van der Waals surface area contributed by atoms with Gasteiger partial charge in [0.05, 0.1) is 0 Å². The SMILES string of the molecule is CC[CH2][Sn]([c]1cc(C)ccc1C)([c]1cc(C)ccc1C)[c]1cc(C)ccc1C. The Balaban J connectivity index is 2.52. The Bertz CT molecular complexity index is 872. The van der Waals surface area contributed by atoms with Gasteiger partial charge >= 0.3 is 176 Å². The van der Waals surface area contributed by atoms with Crippen LogP contribution in [0.4, 0.5) is 0 Å². The summed E-state index contributed by atoms with van der Waals surface area (Å²) in [4.78, 5) is 0. The van der Waals surface area contributed by atoms with E-state index < -0.39 is 18.4 Å². The molecule has 0 amide bonds. The molecule has 3 aromatic rings. The summed E-state index contributed by atoms with van der Waals surface area (Å²) in [5.41, 5.74) is 8.56. The Kier molecular flexibility index (Phi) is 6.39. The standard InChI is InChI=1S/3C8H9.C3H7.Sn/c3*1-7-3-5-8(2)6-4-7;1-3-2;/h3*3-5H,1-2H3;1,3H2,2H3;. The molecule has 0 aliphatic rings. The quantitative estimate of drug-likeness (QED) is 0.431. The van der Waals surface area contributed by atoms with E-state index >= 15 is 0 Å². The van der Waals surface area contributed by atoms with Crippen LogP contribution < -0.4 is 10.7 Å². The second-order valence-electron chi connectivity index (χ2n) is 8.61. The van der Waals surface area contributed by atoms with Crippen LogP contribution in [0.2, 0.25) is 4.44 Å². The molecule has 0 spiro atoms. The second kappa shape index (κ2) is 8.45. The van der Waals surface area contributed by atoms with Gasteiger partial charge in [0.2, 0.25) is 0 Å². The molecule has 3 aromatic carbocycles. The predicted molar refractivity (Wildman–Crippen MR) is 128 cm³/mol. The van der Waals surface area contributed by atoms with Crippen molar-refractivity contribution in [3.8, 4) is 0 Å². The summed E-state index contributed by atoms with van der Waals surface area (Å²) in [6.45, 7) is 16.1. The first-order valence-corrected chi connectivity index (χ1v) is 16.8. The van der Waals surface area contributed by atoms with E-state index in [9.17, 15) is 0 Å². The molecule has 0 N–H and O–H groups in total. The van der Waals surface area contributed by atoms with Gasteiger partial charge in [0.15, 0.2) is 0 Å². The maximum absolute atomic E-state index is 3.19. The fraction of sp³-hybridized carbons (Fsp3) is 0.333. The molecule has 0 saturated heterocycles. The van der Waals surface area contributed by atoms with Crippen molar-refractivity contribution in [3.05, 3.63) is 88.0 Å². The average Bonchev–Trinajstić information content (AvgIpc) is 2.66. The first kappa shape index (κ1) is 21.2. The first-order chi connectivity index (χ1) is 13.3. The van der Waals surface area contributed by atoms with Gasteiger partial charge in [0.25, 0.3) is 0 Å². The van der Waals surface area contributed by atoms with Gasteiger partial charge in [-0.1, -0.05) is 0 Å². The van der Waals surface area contributed by atoms with Gasteiger partial charge in [-0.2, -0.15) is 0 Å². The number of hydrogen-bond donors (Lipinski definition) is 0. The molecule has 0 atom stereocenters. The van der Waals surface area contributed by atoms with Crippen molar-refractivity contribution in [2.75, 3.05) is 0 Å². The van der Waals surface area contributed by atoms with Crippen LogP contribution in [0, 0.1) is 41.5 Å². The molecule has 3 rings (SSSR count). The van der Waals surface area contributed by atoms with Crippen LogP contribution in [0.15, 0.2) is 54.6 Å². The van der Waals surface area contributed by atoms with Crippen LogP contribution in [0.25, 0.3) is 0 Å². The topological polar surface area (TPSA) is 0 Å². The van der Waals surface area contributed by atoms with Crippen molar-refractivity contribution in [3.63, 3.8) is 0 Å².